The maximum Gasteiger partial charge on any atom is 0.308 e. The van der Waals surface area contributed by atoms with Crippen molar-refractivity contribution in [1.29, 1.82) is 0 Å². The summed E-state index contributed by atoms with van der Waals surface area (Å²) in [6, 6.07) is 7.70. The fraction of sp³-hybridized carbons (Fsp3) is 0.308. The summed E-state index contributed by atoms with van der Waals surface area (Å²) >= 11 is 0. The van der Waals surface area contributed by atoms with Gasteiger partial charge in [0, 0.05) is 31.8 Å². The maximum absolute atomic E-state index is 10.9. The smallest absolute Gasteiger partial charge is 0.308 e. The highest BCUT2D eigenvalue weighted by Crippen LogP contribution is 2.22. The minimum absolute atomic E-state index is 0.0861. The van der Waals surface area contributed by atoms with Crippen LogP contribution in [0, 0.1) is 0 Å². The molecule has 0 aliphatic heterocycles. The average Bonchev–Trinajstić information content (AvgIpc) is 2.59. The highest BCUT2D eigenvalue weighted by Gasteiger charge is 2.05. The third-order valence-electron chi connectivity index (χ3n) is 2.49. The molecule has 2 N–H and O–H groups in total. The van der Waals surface area contributed by atoms with E-state index in [-0.39, 0.29) is 12.0 Å². The molecule has 4 nitrogen and oxygen atoms in total. The quantitative estimate of drug-likeness (QED) is 0.649. The number of hydrogen-bond donors (Lipinski definition) is 1. The summed E-state index contributed by atoms with van der Waals surface area (Å²) in [5.74, 6) is 0.254. The number of ether oxygens (including phenoxy) is 1. The van der Waals surface area contributed by atoms with E-state index in [9.17, 15) is 4.79 Å². The number of carbonyl (C=O) groups excluding carboxylic acids is 1. The van der Waals surface area contributed by atoms with E-state index < -0.39 is 0 Å². The van der Waals surface area contributed by atoms with Crippen molar-refractivity contribution in [2.24, 2.45) is 5.73 Å². The fourth-order valence-corrected chi connectivity index (χ4v) is 1.86. The molecule has 90 valence electrons. The zero-order valence-corrected chi connectivity index (χ0v) is 10.0. The lowest BCUT2D eigenvalue weighted by Crippen LogP contribution is -2.21. The van der Waals surface area contributed by atoms with Gasteiger partial charge in [-0.05, 0) is 30.5 Å². The Morgan fingerprint density at radius 3 is 2.88 bits per heavy atom. The molecule has 0 saturated carbocycles. The summed E-state index contributed by atoms with van der Waals surface area (Å²) < 4.78 is 7.13. The van der Waals surface area contributed by atoms with Crippen LogP contribution in [0.25, 0.3) is 10.9 Å². The van der Waals surface area contributed by atoms with E-state index in [2.05, 4.69) is 4.57 Å². The SMILES string of the molecule is CC(=O)Oc1ccc2ccn(CC(C)N)c2c1. The molecule has 0 fully saturated rings. The molecule has 17 heavy (non-hydrogen) atoms. The van der Waals surface area contributed by atoms with Gasteiger partial charge >= 0.3 is 5.97 Å². The first kappa shape index (κ1) is 11.7. The summed E-state index contributed by atoms with van der Waals surface area (Å²) in [4.78, 5) is 10.9. The predicted molar refractivity (Wildman–Crippen MR) is 66.9 cm³/mol. The first-order chi connectivity index (χ1) is 8.06. The summed E-state index contributed by atoms with van der Waals surface area (Å²) in [6.07, 6.45) is 1.99. The van der Waals surface area contributed by atoms with Crippen LogP contribution in [0.15, 0.2) is 30.5 Å². The second kappa shape index (κ2) is 4.59. The predicted octanol–water partition coefficient (Wildman–Crippen LogP) is 1.91. The maximum atomic E-state index is 10.9. The van der Waals surface area contributed by atoms with Crippen molar-refractivity contribution in [2.45, 2.75) is 26.4 Å². The van der Waals surface area contributed by atoms with Crippen molar-refractivity contribution in [3.8, 4) is 5.75 Å². The van der Waals surface area contributed by atoms with E-state index >= 15 is 0 Å². The number of nitrogens with zero attached hydrogens (tertiary/aromatic N) is 1. The van der Waals surface area contributed by atoms with Gasteiger partial charge in [-0.25, -0.2) is 0 Å². The third-order valence-corrected chi connectivity index (χ3v) is 2.49. The molecule has 4 heteroatoms. The molecule has 0 bridgehead atoms. The molecule has 1 atom stereocenters. The van der Waals surface area contributed by atoms with Gasteiger partial charge in [-0.2, -0.15) is 0 Å². The fourth-order valence-electron chi connectivity index (χ4n) is 1.86. The summed E-state index contributed by atoms with van der Waals surface area (Å²) in [5, 5.41) is 1.11. The Labute approximate surface area is 100.0 Å². The summed E-state index contributed by atoms with van der Waals surface area (Å²) in [5.41, 5.74) is 6.82. The lowest BCUT2D eigenvalue weighted by atomic mass is 10.2. The van der Waals surface area contributed by atoms with E-state index in [1.54, 1.807) is 6.07 Å². The van der Waals surface area contributed by atoms with Crippen LogP contribution in [0.2, 0.25) is 0 Å². The standard InChI is InChI=1S/C13H16N2O2/c1-9(14)8-15-6-5-11-3-4-12(7-13(11)15)17-10(2)16/h3-7,9H,8,14H2,1-2H3. The van der Waals surface area contributed by atoms with Crippen molar-refractivity contribution in [3.63, 3.8) is 0 Å². The lowest BCUT2D eigenvalue weighted by molar-refractivity contribution is -0.131. The van der Waals surface area contributed by atoms with Crippen LogP contribution in [0.4, 0.5) is 0 Å². The van der Waals surface area contributed by atoms with E-state index in [1.807, 2.05) is 31.3 Å². The molecule has 1 unspecified atom stereocenters. The van der Waals surface area contributed by atoms with Crippen molar-refractivity contribution >= 4 is 16.9 Å². The molecule has 0 amide bonds. The van der Waals surface area contributed by atoms with Crippen molar-refractivity contribution in [3.05, 3.63) is 30.5 Å². The molecule has 2 aromatic rings. The Hall–Kier alpha value is -1.81. The van der Waals surface area contributed by atoms with Crippen molar-refractivity contribution in [1.82, 2.24) is 4.57 Å². The Kier molecular flexibility index (Phi) is 3.15. The second-order valence-corrected chi connectivity index (χ2v) is 4.26. The van der Waals surface area contributed by atoms with Gasteiger partial charge in [-0.15, -0.1) is 0 Å². The average molecular weight is 232 g/mol. The van der Waals surface area contributed by atoms with Crippen LogP contribution in [0.3, 0.4) is 0 Å². The summed E-state index contributed by atoms with van der Waals surface area (Å²) in [7, 11) is 0. The van der Waals surface area contributed by atoms with E-state index in [4.69, 9.17) is 10.5 Å². The van der Waals surface area contributed by atoms with E-state index in [1.165, 1.54) is 6.92 Å². The zero-order chi connectivity index (χ0) is 12.4. The molecule has 0 aliphatic rings. The van der Waals surface area contributed by atoms with Crippen LogP contribution in [-0.4, -0.2) is 16.6 Å². The molecule has 2 rings (SSSR count). The van der Waals surface area contributed by atoms with Gasteiger partial charge in [0.25, 0.3) is 0 Å². The van der Waals surface area contributed by atoms with Gasteiger partial charge in [0.15, 0.2) is 0 Å². The normalized spacial score (nSPS) is 12.6. The second-order valence-electron chi connectivity index (χ2n) is 4.26. The number of rotatable bonds is 3. The molecule has 0 aliphatic carbocycles. The van der Waals surface area contributed by atoms with Crippen LogP contribution >= 0.6 is 0 Å². The topological polar surface area (TPSA) is 57.2 Å². The highest BCUT2D eigenvalue weighted by molar-refractivity contribution is 5.82. The van der Waals surface area contributed by atoms with Crippen LogP contribution < -0.4 is 10.5 Å². The number of benzene rings is 1. The number of esters is 1. The van der Waals surface area contributed by atoms with Crippen LogP contribution in [0.1, 0.15) is 13.8 Å². The van der Waals surface area contributed by atoms with Gasteiger partial charge in [0.05, 0.1) is 5.52 Å². The number of aromatic nitrogens is 1. The van der Waals surface area contributed by atoms with E-state index in [0.29, 0.717) is 5.75 Å². The van der Waals surface area contributed by atoms with Gasteiger partial charge in [0.1, 0.15) is 5.75 Å². The first-order valence-electron chi connectivity index (χ1n) is 5.59. The highest BCUT2D eigenvalue weighted by atomic mass is 16.5. The van der Waals surface area contributed by atoms with Crippen molar-refractivity contribution in [2.75, 3.05) is 0 Å². The van der Waals surface area contributed by atoms with Gasteiger partial charge in [0.2, 0.25) is 0 Å². The molecular formula is C13H16N2O2. The van der Waals surface area contributed by atoms with Crippen molar-refractivity contribution < 1.29 is 9.53 Å². The van der Waals surface area contributed by atoms with Gasteiger partial charge in [-0.3, -0.25) is 4.79 Å². The molecule has 0 saturated heterocycles. The minimum atomic E-state index is -0.311. The number of nitrogens with two attached hydrogens (primary N) is 1. The monoisotopic (exact) mass is 232 g/mol. The molecular weight excluding hydrogens is 216 g/mol. The molecule has 0 spiro atoms. The van der Waals surface area contributed by atoms with Crippen LogP contribution in [-0.2, 0) is 11.3 Å². The van der Waals surface area contributed by atoms with Crippen LogP contribution in [0.5, 0.6) is 5.75 Å². The largest absolute Gasteiger partial charge is 0.427 e. The molecule has 0 radical (unpaired) electrons. The Morgan fingerprint density at radius 2 is 2.24 bits per heavy atom. The molecule has 1 heterocycles. The number of hydrogen-bond acceptors (Lipinski definition) is 3. The Bertz CT molecular complexity index is 543. The molecule has 1 aromatic carbocycles. The zero-order valence-electron chi connectivity index (χ0n) is 10.0. The first-order valence-corrected chi connectivity index (χ1v) is 5.59. The van der Waals surface area contributed by atoms with Gasteiger partial charge in [-0.1, -0.05) is 0 Å². The summed E-state index contributed by atoms with van der Waals surface area (Å²) in [6.45, 7) is 4.10. The molecule has 1 aromatic heterocycles. The Balaban J connectivity index is 2.39. The third kappa shape index (κ3) is 2.65. The number of fused-ring (bicyclic) bond motifs is 1. The lowest BCUT2D eigenvalue weighted by Gasteiger charge is -2.09. The Morgan fingerprint density at radius 1 is 1.47 bits per heavy atom. The van der Waals surface area contributed by atoms with E-state index in [0.717, 1.165) is 17.4 Å². The number of carbonyl (C=O) groups is 1. The minimum Gasteiger partial charge on any atom is -0.427 e. The van der Waals surface area contributed by atoms with Gasteiger partial charge < -0.3 is 15.0 Å².